The Morgan fingerprint density at radius 3 is 2.43 bits per heavy atom. The van der Waals surface area contributed by atoms with E-state index in [1.54, 1.807) is 6.07 Å². The molecule has 2 nitrogen and oxygen atoms in total. The maximum absolute atomic E-state index is 11.2. The molecule has 0 aromatic heterocycles. The number of rotatable bonds is 3. The Labute approximate surface area is 99.9 Å². The molecule has 0 atom stereocenters. The third-order valence-corrected chi connectivity index (χ3v) is 3.12. The number of esters is 1. The van der Waals surface area contributed by atoms with Gasteiger partial charge in [-0.3, -0.25) is 0 Å². The molecule has 0 N–H and O–H groups in total. The highest BCUT2D eigenvalue weighted by atomic mass is 79.9. The predicted molar refractivity (Wildman–Crippen MR) is 63.0 cm³/mol. The molecule has 4 heteroatoms. The lowest BCUT2D eigenvalue weighted by molar-refractivity contribution is 0.0600. The van der Waals surface area contributed by atoms with Gasteiger partial charge in [-0.15, -0.1) is 0 Å². The second-order valence-electron chi connectivity index (χ2n) is 2.74. The molecule has 0 heterocycles. The van der Waals surface area contributed by atoms with Gasteiger partial charge in [0.05, 0.1) is 12.7 Å². The van der Waals surface area contributed by atoms with Gasteiger partial charge in [0, 0.05) is 10.7 Å². The fourth-order valence-corrected chi connectivity index (χ4v) is 2.19. The summed E-state index contributed by atoms with van der Waals surface area (Å²) in [4.78, 5) is 11.2. The summed E-state index contributed by atoms with van der Waals surface area (Å²) < 4.78 is 4.64. The van der Waals surface area contributed by atoms with Gasteiger partial charge in [-0.2, -0.15) is 0 Å². The summed E-state index contributed by atoms with van der Waals surface area (Å²) in [5, 5.41) is 1.52. The van der Waals surface area contributed by atoms with Gasteiger partial charge in [0.2, 0.25) is 0 Å². The molecule has 0 bridgehead atoms. The first-order chi connectivity index (χ1) is 6.72. The maximum atomic E-state index is 11.2. The first kappa shape index (κ1) is 11.7. The molecule has 0 saturated carbocycles. The predicted octanol–water partition coefficient (Wildman–Crippen LogP) is 3.26. The van der Waals surface area contributed by atoms with Crippen molar-refractivity contribution in [3.05, 3.63) is 34.9 Å². The first-order valence-corrected chi connectivity index (χ1v) is 6.29. The summed E-state index contributed by atoms with van der Waals surface area (Å²) in [6.45, 7) is 0. The first-order valence-electron chi connectivity index (χ1n) is 4.05. The van der Waals surface area contributed by atoms with Crippen LogP contribution in [0.1, 0.15) is 21.5 Å². The largest absolute Gasteiger partial charge is 0.465 e. The van der Waals surface area contributed by atoms with Crippen LogP contribution in [0.4, 0.5) is 0 Å². The molecular formula is C10H10Br2O2. The van der Waals surface area contributed by atoms with Crippen LogP contribution in [0.3, 0.4) is 0 Å². The molecule has 1 rings (SSSR count). The van der Waals surface area contributed by atoms with E-state index in [1.807, 2.05) is 12.1 Å². The summed E-state index contributed by atoms with van der Waals surface area (Å²) in [5.74, 6) is -0.298. The van der Waals surface area contributed by atoms with E-state index in [2.05, 4.69) is 36.6 Å². The van der Waals surface area contributed by atoms with Gasteiger partial charge in [0.25, 0.3) is 0 Å². The van der Waals surface area contributed by atoms with E-state index in [4.69, 9.17) is 0 Å². The summed E-state index contributed by atoms with van der Waals surface area (Å²) in [6, 6.07) is 5.54. The lowest BCUT2D eigenvalue weighted by atomic mass is 10.1. The number of carbonyl (C=O) groups is 1. The average molecular weight is 322 g/mol. The number of methoxy groups -OCH3 is 1. The zero-order chi connectivity index (χ0) is 10.6. The number of alkyl halides is 2. The van der Waals surface area contributed by atoms with Crippen LogP contribution in [0.2, 0.25) is 0 Å². The molecule has 14 heavy (non-hydrogen) atoms. The summed E-state index contributed by atoms with van der Waals surface area (Å²) in [5.41, 5.74) is 2.87. The van der Waals surface area contributed by atoms with Gasteiger partial charge < -0.3 is 4.74 Å². The molecular weight excluding hydrogens is 312 g/mol. The van der Waals surface area contributed by atoms with Gasteiger partial charge in [0.1, 0.15) is 0 Å². The van der Waals surface area contributed by atoms with Crippen molar-refractivity contribution in [2.24, 2.45) is 0 Å². The van der Waals surface area contributed by atoms with E-state index in [9.17, 15) is 4.79 Å². The van der Waals surface area contributed by atoms with Crippen molar-refractivity contribution in [1.82, 2.24) is 0 Å². The summed E-state index contributed by atoms with van der Waals surface area (Å²) >= 11 is 6.77. The number of benzene rings is 1. The molecule has 0 aliphatic carbocycles. The van der Waals surface area contributed by atoms with E-state index < -0.39 is 0 Å². The van der Waals surface area contributed by atoms with E-state index in [1.165, 1.54) is 12.7 Å². The number of halogens is 2. The molecule has 0 radical (unpaired) electrons. The molecule has 0 spiro atoms. The average Bonchev–Trinajstić information content (AvgIpc) is 2.26. The normalized spacial score (nSPS) is 9.93. The number of ether oxygens (including phenoxy) is 1. The minimum absolute atomic E-state index is 0.298. The van der Waals surface area contributed by atoms with Crippen LogP contribution >= 0.6 is 31.9 Å². The molecule has 0 aliphatic rings. The van der Waals surface area contributed by atoms with Gasteiger partial charge >= 0.3 is 5.97 Å². The topological polar surface area (TPSA) is 26.3 Å². The van der Waals surface area contributed by atoms with Gasteiger partial charge in [-0.25, -0.2) is 4.79 Å². The van der Waals surface area contributed by atoms with Crippen molar-refractivity contribution >= 4 is 37.8 Å². The minimum Gasteiger partial charge on any atom is -0.465 e. The molecule has 1 aromatic carbocycles. The van der Waals surface area contributed by atoms with E-state index in [-0.39, 0.29) is 5.97 Å². The lowest BCUT2D eigenvalue weighted by Gasteiger charge is -2.06. The molecule has 76 valence electrons. The van der Waals surface area contributed by atoms with Crippen LogP contribution in [0, 0.1) is 0 Å². The molecule has 0 aliphatic heterocycles. The van der Waals surface area contributed by atoms with E-state index in [0.717, 1.165) is 16.2 Å². The van der Waals surface area contributed by atoms with Crippen LogP contribution in [-0.2, 0) is 15.4 Å². The Hall–Kier alpha value is -0.350. The molecule has 0 saturated heterocycles. The second kappa shape index (κ2) is 5.51. The fourth-order valence-electron chi connectivity index (χ4n) is 1.13. The molecule has 0 unspecified atom stereocenters. The van der Waals surface area contributed by atoms with Gasteiger partial charge in [0.15, 0.2) is 0 Å². The van der Waals surface area contributed by atoms with Crippen LogP contribution in [0.5, 0.6) is 0 Å². The van der Waals surface area contributed by atoms with E-state index >= 15 is 0 Å². The van der Waals surface area contributed by atoms with Crippen molar-refractivity contribution in [2.75, 3.05) is 7.11 Å². The van der Waals surface area contributed by atoms with Crippen LogP contribution in [-0.4, -0.2) is 13.1 Å². The standard InChI is InChI=1S/C10H10Br2O2/c1-14-10(13)7-2-3-8(5-11)9(4-7)6-12/h2-4H,5-6H2,1H3. The van der Waals surface area contributed by atoms with Crippen molar-refractivity contribution < 1.29 is 9.53 Å². The Morgan fingerprint density at radius 1 is 1.29 bits per heavy atom. The maximum Gasteiger partial charge on any atom is 0.337 e. The monoisotopic (exact) mass is 320 g/mol. The van der Waals surface area contributed by atoms with Crippen molar-refractivity contribution in [1.29, 1.82) is 0 Å². The summed E-state index contributed by atoms with van der Waals surface area (Å²) in [7, 11) is 1.38. The molecule has 0 amide bonds. The zero-order valence-corrected chi connectivity index (χ0v) is 10.9. The fraction of sp³-hybridized carbons (Fsp3) is 0.300. The van der Waals surface area contributed by atoms with Crippen LogP contribution in [0.25, 0.3) is 0 Å². The third-order valence-electron chi connectivity index (χ3n) is 1.92. The molecule has 1 aromatic rings. The van der Waals surface area contributed by atoms with Crippen molar-refractivity contribution in [3.63, 3.8) is 0 Å². The van der Waals surface area contributed by atoms with Crippen LogP contribution in [0.15, 0.2) is 18.2 Å². The quantitative estimate of drug-likeness (QED) is 0.631. The summed E-state index contributed by atoms with van der Waals surface area (Å²) in [6.07, 6.45) is 0. The van der Waals surface area contributed by atoms with Crippen LogP contribution < -0.4 is 0 Å². The SMILES string of the molecule is COC(=O)c1ccc(CBr)c(CBr)c1. The Morgan fingerprint density at radius 2 is 1.93 bits per heavy atom. The second-order valence-corrected chi connectivity index (χ2v) is 3.86. The smallest absolute Gasteiger partial charge is 0.337 e. The highest BCUT2D eigenvalue weighted by Crippen LogP contribution is 2.18. The highest BCUT2D eigenvalue weighted by Gasteiger charge is 2.08. The van der Waals surface area contributed by atoms with Gasteiger partial charge in [-0.1, -0.05) is 37.9 Å². The number of hydrogen-bond donors (Lipinski definition) is 0. The Bertz CT molecular complexity index is 337. The number of carbonyl (C=O) groups excluding carboxylic acids is 1. The lowest BCUT2D eigenvalue weighted by Crippen LogP contribution is -2.02. The number of hydrogen-bond acceptors (Lipinski definition) is 2. The Kier molecular flexibility index (Phi) is 4.62. The molecule has 0 fully saturated rings. The van der Waals surface area contributed by atoms with E-state index in [0.29, 0.717) is 5.56 Å². The zero-order valence-electron chi connectivity index (χ0n) is 7.72. The highest BCUT2D eigenvalue weighted by molar-refractivity contribution is 9.09. The Balaban J connectivity index is 3.07. The van der Waals surface area contributed by atoms with Crippen molar-refractivity contribution in [2.45, 2.75) is 10.7 Å². The van der Waals surface area contributed by atoms with Gasteiger partial charge in [-0.05, 0) is 23.3 Å². The minimum atomic E-state index is -0.298. The van der Waals surface area contributed by atoms with Crippen molar-refractivity contribution in [3.8, 4) is 0 Å². The third kappa shape index (κ3) is 2.58.